The van der Waals surface area contributed by atoms with Gasteiger partial charge in [-0.05, 0) is 62.0 Å². The first-order valence-electron chi connectivity index (χ1n) is 9.12. The van der Waals surface area contributed by atoms with Crippen molar-refractivity contribution >= 4 is 11.6 Å². The van der Waals surface area contributed by atoms with E-state index in [-0.39, 0.29) is 5.82 Å². The molecule has 0 spiro atoms. The Morgan fingerprint density at radius 2 is 1.79 bits per heavy atom. The molecule has 2 aliphatic rings. The van der Waals surface area contributed by atoms with Crippen LogP contribution in [-0.2, 0) is 4.79 Å². The summed E-state index contributed by atoms with van der Waals surface area (Å²) in [5, 5.41) is 3.39. The average Bonchev–Trinajstić information content (AvgIpc) is 2.63. The Labute approximate surface area is 144 Å². The Balaban J connectivity index is 1.47. The van der Waals surface area contributed by atoms with Crippen LogP contribution in [0, 0.1) is 17.7 Å². The fourth-order valence-corrected chi connectivity index (χ4v) is 3.85. The van der Waals surface area contributed by atoms with Crippen molar-refractivity contribution in [3.05, 3.63) is 30.1 Å². The van der Waals surface area contributed by atoms with Crippen molar-refractivity contribution < 1.29 is 9.18 Å². The Morgan fingerprint density at radius 1 is 1.17 bits per heavy atom. The van der Waals surface area contributed by atoms with Gasteiger partial charge < -0.3 is 15.1 Å². The number of hydrogen-bond acceptors (Lipinski definition) is 3. The van der Waals surface area contributed by atoms with Crippen LogP contribution in [0.15, 0.2) is 24.3 Å². The second-order valence-electron chi connectivity index (χ2n) is 7.11. The summed E-state index contributed by atoms with van der Waals surface area (Å²) in [6.45, 7) is 7.55. The number of anilines is 1. The van der Waals surface area contributed by atoms with Gasteiger partial charge in [-0.25, -0.2) is 4.39 Å². The molecule has 1 amide bonds. The molecule has 5 heteroatoms. The van der Waals surface area contributed by atoms with Gasteiger partial charge in [0, 0.05) is 38.3 Å². The van der Waals surface area contributed by atoms with Crippen molar-refractivity contribution in [2.24, 2.45) is 11.8 Å². The Bertz CT molecular complexity index is 534. The Kier molecular flexibility index (Phi) is 5.72. The minimum atomic E-state index is -0.209. The summed E-state index contributed by atoms with van der Waals surface area (Å²) in [6.07, 6.45) is 3.04. The molecular weight excluding hydrogens is 305 g/mol. The molecule has 2 saturated heterocycles. The number of amides is 1. The molecule has 0 aliphatic carbocycles. The number of benzene rings is 1. The van der Waals surface area contributed by atoms with Crippen molar-refractivity contribution in [1.29, 1.82) is 0 Å². The van der Waals surface area contributed by atoms with E-state index in [1.807, 2.05) is 17.0 Å². The molecule has 2 aliphatic heterocycles. The molecule has 0 bridgehead atoms. The van der Waals surface area contributed by atoms with E-state index in [1.165, 1.54) is 25.0 Å². The summed E-state index contributed by atoms with van der Waals surface area (Å²) in [6, 6.07) is 6.61. The summed E-state index contributed by atoms with van der Waals surface area (Å²) in [7, 11) is 0. The van der Waals surface area contributed by atoms with Crippen molar-refractivity contribution in [3.8, 4) is 0 Å². The SMILES string of the molecule is CC(CC(=O)N1CCN(c2ccc(F)cc2)CC1)C1CCNCC1. The van der Waals surface area contributed by atoms with Crippen LogP contribution >= 0.6 is 0 Å². The number of hydrogen-bond donors (Lipinski definition) is 1. The summed E-state index contributed by atoms with van der Waals surface area (Å²) in [5.74, 6) is 1.23. The van der Waals surface area contributed by atoms with Gasteiger partial charge in [0.25, 0.3) is 0 Å². The third-order valence-corrected chi connectivity index (χ3v) is 5.51. The molecule has 24 heavy (non-hydrogen) atoms. The highest BCUT2D eigenvalue weighted by atomic mass is 19.1. The van der Waals surface area contributed by atoms with Crippen molar-refractivity contribution in [3.63, 3.8) is 0 Å². The van der Waals surface area contributed by atoms with Crippen LogP contribution in [0.25, 0.3) is 0 Å². The number of rotatable bonds is 4. The largest absolute Gasteiger partial charge is 0.368 e. The van der Waals surface area contributed by atoms with E-state index >= 15 is 0 Å². The number of halogens is 1. The van der Waals surface area contributed by atoms with Crippen molar-refractivity contribution in [1.82, 2.24) is 10.2 Å². The normalized spacial score (nSPS) is 20.9. The van der Waals surface area contributed by atoms with Crippen molar-refractivity contribution in [2.45, 2.75) is 26.2 Å². The predicted molar refractivity (Wildman–Crippen MR) is 94.6 cm³/mol. The molecule has 2 heterocycles. The summed E-state index contributed by atoms with van der Waals surface area (Å²) >= 11 is 0. The number of nitrogens with zero attached hydrogens (tertiary/aromatic N) is 2. The van der Waals surface area contributed by atoms with Crippen LogP contribution in [0.5, 0.6) is 0 Å². The van der Waals surface area contributed by atoms with Gasteiger partial charge >= 0.3 is 0 Å². The lowest BCUT2D eigenvalue weighted by molar-refractivity contribution is -0.132. The van der Waals surface area contributed by atoms with Gasteiger partial charge in [0.1, 0.15) is 5.82 Å². The zero-order valence-corrected chi connectivity index (χ0v) is 14.5. The Hall–Kier alpha value is -1.62. The molecule has 0 radical (unpaired) electrons. The van der Waals surface area contributed by atoms with Gasteiger partial charge in [-0.1, -0.05) is 6.92 Å². The van der Waals surface area contributed by atoms with Gasteiger partial charge in [-0.15, -0.1) is 0 Å². The molecule has 0 saturated carbocycles. The highest BCUT2D eigenvalue weighted by Gasteiger charge is 2.26. The smallest absolute Gasteiger partial charge is 0.222 e. The maximum absolute atomic E-state index is 13.0. The third-order valence-electron chi connectivity index (χ3n) is 5.51. The van der Waals surface area contributed by atoms with E-state index < -0.39 is 0 Å². The second kappa shape index (κ2) is 7.97. The second-order valence-corrected chi connectivity index (χ2v) is 7.11. The van der Waals surface area contributed by atoms with Crippen LogP contribution in [-0.4, -0.2) is 50.1 Å². The molecule has 2 fully saturated rings. The molecule has 3 rings (SSSR count). The Morgan fingerprint density at radius 3 is 2.42 bits per heavy atom. The molecule has 1 unspecified atom stereocenters. The summed E-state index contributed by atoms with van der Waals surface area (Å²) < 4.78 is 13.0. The first-order chi connectivity index (χ1) is 11.6. The lowest BCUT2D eigenvalue weighted by Gasteiger charge is -2.37. The van der Waals surface area contributed by atoms with Gasteiger partial charge in [-0.3, -0.25) is 4.79 Å². The van der Waals surface area contributed by atoms with E-state index in [2.05, 4.69) is 17.1 Å². The predicted octanol–water partition coefficient (Wildman–Crippen LogP) is 2.50. The maximum Gasteiger partial charge on any atom is 0.222 e. The van der Waals surface area contributed by atoms with Gasteiger partial charge in [0.05, 0.1) is 0 Å². The van der Waals surface area contributed by atoms with E-state index in [0.717, 1.165) is 45.0 Å². The molecule has 0 aromatic heterocycles. The zero-order chi connectivity index (χ0) is 16.9. The average molecular weight is 333 g/mol. The van der Waals surface area contributed by atoms with E-state index in [4.69, 9.17) is 0 Å². The van der Waals surface area contributed by atoms with E-state index in [0.29, 0.717) is 24.2 Å². The van der Waals surface area contributed by atoms with Gasteiger partial charge in [-0.2, -0.15) is 0 Å². The third kappa shape index (κ3) is 4.26. The molecular formula is C19H28FN3O. The zero-order valence-electron chi connectivity index (χ0n) is 14.5. The topological polar surface area (TPSA) is 35.6 Å². The first kappa shape index (κ1) is 17.2. The molecule has 1 aromatic carbocycles. The molecule has 1 atom stereocenters. The van der Waals surface area contributed by atoms with Crippen LogP contribution in [0.2, 0.25) is 0 Å². The highest BCUT2D eigenvalue weighted by molar-refractivity contribution is 5.76. The monoisotopic (exact) mass is 333 g/mol. The lowest BCUT2D eigenvalue weighted by Crippen LogP contribution is -2.49. The van der Waals surface area contributed by atoms with Gasteiger partial charge in [0.15, 0.2) is 0 Å². The van der Waals surface area contributed by atoms with Gasteiger partial charge in [0.2, 0.25) is 5.91 Å². The highest BCUT2D eigenvalue weighted by Crippen LogP contribution is 2.25. The fraction of sp³-hybridized carbons (Fsp3) is 0.632. The maximum atomic E-state index is 13.0. The molecule has 1 N–H and O–H groups in total. The minimum absolute atomic E-state index is 0.209. The summed E-state index contributed by atoms with van der Waals surface area (Å²) in [5.41, 5.74) is 1.03. The van der Waals surface area contributed by atoms with Crippen molar-refractivity contribution in [2.75, 3.05) is 44.2 Å². The number of carbonyl (C=O) groups is 1. The number of piperazine rings is 1. The standard InChI is InChI=1S/C19H28FN3O/c1-15(16-6-8-21-9-7-16)14-19(24)23-12-10-22(11-13-23)18-4-2-17(20)3-5-18/h2-5,15-16,21H,6-14H2,1H3. The fourth-order valence-electron chi connectivity index (χ4n) is 3.85. The van der Waals surface area contributed by atoms with Crippen LogP contribution in [0.4, 0.5) is 10.1 Å². The number of nitrogens with one attached hydrogen (secondary N) is 1. The first-order valence-corrected chi connectivity index (χ1v) is 9.12. The van der Waals surface area contributed by atoms with Crippen LogP contribution in [0.1, 0.15) is 26.2 Å². The minimum Gasteiger partial charge on any atom is -0.368 e. The van der Waals surface area contributed by atoms with Crippen LogP contribution in [0.3, 0.4) is 0 Å². The molecule has 4 nitrogen and oxygen atoms in total. The summed E-state index contributed by atoms with van der Waals surface area (Å²) in [4.78, 5) is 16.8. The number of carbonyl (C=O) groups excluding carboxylic acids is 1. The molecule has 132 valence electrons. The molecule has 1 aromatic rings. The van der Waals surface area contributed by atoms with E-state index in [1.54, 1.807) is 0 Å². The number of piperidine rings is 1. The lowest BCUT2D eigenvalue weighted by atomic mass is 9.84. The van der Waals surface area contributed by atoms with Crippen LogP contribution < -0.4 is 10.2 Å². The van der Waals surface area contributed by atoms with E-state index in [9.17, 15) is 9.18 Å². The quantitative estimate of drug-likeness (QED) is 0.920.